The third-order valence-electron chi connectivity index (χ3n) is 1.92. The SMILES string of the molecule is Cc1cc(-c2n[nH]c(=S)o2)c(F)cc1F. The molecule has 0 saturated carbocycles. The summed E-state index contributed by atoms with van der Waals surface area (Å²) in [5, 5.41) is 6.03. The predicted molar refractivity (Wildman–Crippen MR) is 51.8 cm³/mol. The Morgan fingerprint density at radius 2 is 2.07 bits per heavy atom. The molecule has 0 amide bonds. The Hall–Kier alpha value is -1.56. The summed E-state index contributed by atoms with van der Waals surface area (Å²) >= 11 is 4.65. The molecule has 1 aromatic heterocycles. The Morgan fingerprint density at radius 1 is 1.33 bits per heavy atom. The summed E-state index contributed by atoms with van der Waals surface area (Å²) in [6.45, 7) is 1.53. The van der Waals surface area contributed by atoms with Crippen LogP contribution in [0, 0.1) is 23.4 Å². The van der Waals surface area contributed by atoms with Gasteiger partial charge in [0, 0.05) is 6.07 Å². The lowest BCUT2D eigenvalue weighted by Crippen LogP contribution is -1.90. The minimum atomic E-state index is -0.733. The van der Waals surface area contributed by atoms with E-state index in [1.807, 2.05) is 0 Å². The van der Waals surface area contributed by atoms with Crippen molar-refractivity contribution in [1.29, 1.82) is 0 Å². The molecular formula is C9H6F2N2OS. The zero-order chi connectivity index (χ0) is 11.0. The first kappa shape index (κ1) is 9.97. The van der Waals surface area contributed by atoms with Crippen LogP contribution < -0.4 is 0 Å². The quantitative estimate of drug-likeness (QED) is 0.763. The van der Waals surface area contributed by atoms with Gasteiger partial charge in [0.15, 0.2) is 0 Å². The summed E-state index contributed by atoms with van der Waals surface area (Å²) in [4.78, 5) is 0.0476. The highest BCUT2D eigenvalue weighted by Gasteiger charge is 2.13. The Labute approximate surface area is 88.7 Å². The molecule has 0 unspecified atom stereocenters. The summed E-state index contributed by atoms with van der Waals surface area (Å²) in [6, 6.07) is 2.11. The van der Waals surface area contributed by atoms with E-state index in [0.717, 1.165) is 6.07 Å². The van der Waals surface area contributed by atoms with E-state index in [0.29, 0.717) is 5.56 Å². The number of aromatic amines is 1. The van der Waals surface area contributed by atoms with E-state index in [-0.39, 0.29) is 16.3 Å². The number of aryl methyl sites for hydroxylation is 1. The standard InChI is InChI=1S/C9H6F2N2OS/c1-4-2-5(7(11)3-6(4)10)8-12-13-9(15)14-8/h2-3H,1H3,(H,13,15). The zero-order valence-electron chi connectivity index (χ0n) is 7.67. The van der Waals surface area contributed by atoms with Crippen molar-refractivity contribution in [2.75, 3.05) is 0 Å². The van der Waals surface area contributed by atoms with Crippen molar-refractivity contribution in [3.63, 3.8) is 0 Å². The van der Waals surface area contributed by atoms with Gasteiger partial charge in [-0.25, -0.2) is 13.9 Å². The van der Waals surface area contributed by atoms with Crippen LogP contribution in [-0.4, -0.2) is 10.2 Å². The lowest BCUT2D eigenvalue weighted by molar-refractivity contribution is 0.538. The van der Waals surface area contributed by atoms with E-state index >= 15 is 0 Å². The van der Waals surface area contributed by atoms with Crippen molar-refractivity contribution in [3.05, 3.63) is 34.2 Å². The van der Waals surface area contributed by atoms with Crippen LogP contribution in [0.2, 0.25) is 0 Å². The molecule has 0 spiro atoms. The van der Waals surface area contributed by atoms with E-state index in [4.69, 9.17) is 4.42 Å². The van der Waals surface area contributed by atoms with Crippen molar-refractivity contribution < 1.29 is 13.2 Å². The van der Waals surface area contributed by atoms with Crippen LogP contribution in [0.4, 0.5) is 8.78 Å². The summed E-state index contributed by atoms with van der Waals surface area (Å²) in [5.74, 6) is -1.32. The number of halogens is 2. The van der Waals surface area contributed by atoms with Gasteiger partial charge in [0.05, 0.1) is 5.56 Å². The predicted octanol–water partition coefficient (Wildman–Crippen LogP) is 2.99. The topological polar surface area (TPSA) is 41.8 Å². The van der Waals surface area contributed by atoms with Crippen molar-refractivity contribution in [3.8, 4) is 11.5 Å². The average molecular weight is 228 g/mol. The lowest BCUT2D eigenvalue weighted by atomic mass is 10.1. The summed E-state index contributed by atoms with van der Waals surface area (Å²) in [5.41, 5.74) is 0.400. The van der Waals surface area contributed by atoms with Crippen molar-refractivity contribution >= 4 is 12.2 Å². The van der Waals surface area contributed by atoms with Gasteiger partial charge in [-0.05, 0) is 30.8 Å². The molecule has 2 aromatic rings. The largest absolute Gasteiger partial charge is 0.409 e. The van der Waals surface area contributed by atoms with Gasteiger partial charge in [0.1, 0.15) is 11.6 Å². The fourth-order valence-electron chi connectivity index (χ4n) is 1.17. The number of hydrogen-bond acceptors (Lipinski definition) is 3. The van der Waals surface area contributed by atoms with Crippen LogP contribution in [0.5, 0.6) is 0 Å². The first-order chi connectivity index (χ1) is 7.08. The number of nitrogens with one attached hydrogen (secondary N) is 1. The summed E-state index contributed by atoms with van der Waals surface area (Å²) in [6.07, 6.45) is 0. The molecule has 1 N–H and O–H groups in total. The molecule has 3 nitrogen and oxygen atoms in total. The van der Waals surface area contributed by atoms with Crippen LogP contribution in [0.25, 0.3) is 11.5 Å². The molecule has 0 atom stereocenters. The van der Waals surface area contributed by atoms with Crippen LogP contribution in [0.3, 0.4) is 0 Å². The van der Waals surface area contributed by atoms with Crippen LogP contribution in [0.1, 0.15) is 5.56 Å². The molecule has 78 valence electrons. The molecule has 0 aliphatic heterocycles. The Kier molecular flexibility index (Phi) is 2.36. The molecule has 15 heavy (non-hydrogen) atoms. The maximum absolute atomic E-state index is 13.3. The van der Waals surface area contributed by atoms with Gasteiger partial charge in [-0.15, -0.1) is 5.10 Å². The number of nitrogens with zero attached hydrogens (tertiary/aromatic N) is 1. The third kappa shape index (κ3) is 1.80. The summed E-state index contributed by atoms with van der Waals surface area (Å²) < 4.78 is 31.2. The fourth-order valence-corrected chi connectivity index (χ4v) is 1.29. The zero-order valence-corrected chi connectivity index (χ0v) is 8.49. The Bertz CT molecular complexity index is 561. The third-order valence-corrected chi connectivity index (χ3v) is 2.09. The maximum atomic E-state index is 13.3. The first-order valence-electron chi connectivity index (χ1n) is 4.09. The molecule has 2 rings (SSSR count). The lowest BCUT2D eigenvalue weighted by Gasteiger charge is -2.00. The second-order valence-corrected chi connectivity index (χ2v) is 3.37. The minimum absolute atomic E-state index is 0.0144. The molecule has 0 aliphatic carbocycles. The molecule has 0 saturated heterocycles. The van der Waals surface area contributed by atoms with E-state index in [1.54, 1.807) is 0 Å². The number of hydrogen-bond donors (Lipinski definition) is 1. The maximum Gasteiger partial charge on any atom is 0.284 e. The van der Waals surface area contributed by atoms with E-state index in [9.17, 15) is 8.78 Å². The second kappa shape index (κ2) is 3.54. The van der Waals surface area contributed by atoms with Crippen LogP contribution in [-0.2, 0) is 0 Å². The smallest absolute Gasteiger partial charge is 0.284 e. The van der Waals surface area contributed by atoms with Crippen molar-refractivity contribution in [1.82, 2.24) is 10.2 Å². The van der Waals surface area contributed by atoms with E-state index < -0.39 is 11.6 Å². The van der Waals surface area contributed by atoms with Gasteiger partial charge in [0.2, 0.25) is 5.89 Å². The molecule has 0 aliphatic rings. The monoisotopic (exact) mass is 228 g/mol. The number of rotatable bonds is 1. The number of aromatic nitrogens is 2. The molecule has 1 aromatic carbocycles. The van der Waals surface area contributed by atoms with Gasteiger partial charge < -0.3 is 4.42 Å². The minimum Gasteiger partial charge on any atom is -0.409 e. The van der Waals surface area contributed by atoms with Gasteiger partial charge in [-0.1, -0.05) is 0 Å². The Balaban J connectivity index is 2.63. The summed E-state index contributed by atoms with van der Waals surface area (Å²) in [7, 11) is 0. The van der Waals surface area contributed by atoms with Gasteiger partial charge in [-0.3, -0.25) is 0 Å². The van der Waals surface area contributed by atoms with E-state index in [2.05, 4.69) is 22.4 Å². The van der Waals surface area contributed by atoms with Gasteiger partial charge in [0.25, 0.3) is 4.84 Å². The van der Waals surface area contributed by atoms with Crippen molar-refractivity contribution in [2.45, 2.75) is 6.92 Å². The molecule has 1 heterocycles. The van der Waals surface area contributed by atoms with Crippen LogP contribution in [0.15, 0.2) is 16.5 Å². The molecular weight excluding hydrogens is 222 g/mol. The number of benzene rings is 1. The highest BCUT2D eigenvalue weighted by Crippen LogP contribution is 2.23. The Morgan fingerprint density at radius 3 is 2.67 bits per heavy atom. The first-order valence-corrected chi connectivity index (χ1v) is 4.50. The molecule has 0 fully saturated rings. The molecule has 0 radical (unpaired) electrons. The number of H-pyrrole nitrogens is 1. The van der Waals surface area contributed by atoms with E-state index in [1.165, 1.54) is 13.0 Å². The highest BCUT2D eigenvalue weighted by molar-refractivity contribution is 7.71. The van der Waals surface area contributed by atoms with Gasteiger partial charge >= 0.3 is 0 Å². The van der Waals surface area contributed by atoms with Crippen molar-refractivity contribution in [2.24, 2.45) is 0 Å². The molecule has 0 bridgehead atoms. The molecule has 6 heteroatoms. The van der Waals surface area contributed by atoms with Gasteiger partial charge in [-0.2, -0.15) is 0 Å². The van der Waals surface area contributed by atoms with Crippen LogP contribution >= 0.6 is 12.2 Å². The normalized spacial score (nSPS) is 10.6. The highest BCUT2D eigenvalue weighted by atomic mass is 32.1. The fraction of sp³-hybridized carbons (Fsp3) is 0.111. The average Bonchev–Trinajstić information content (AvgIpc) is 2.58. The second-order valence-electron chi connectivity index (χ2n) is 3.00.